The minimum Gasteiger partial charge on any atom is -0.329 e. The maximum atomic E-state index is 8.24. The quantitative estimate of drug-likeness (QED) is 0.614. The second-order valence-corrected chi connectivity index (χ2v) is 4.06. The number of nitrogens with one attached hydrogen (secondary N) is 1. The van der Waals surface area contributed by atoms with Crippen LogP contribution in [0.15, 0.2) is 54.6 Å². The van der Waals surface area contributed by atoms with E-state index in [-0.39, 0.29) is 0 Å². The Morgan fingerprint density at radius 2 is 1.53 bits per heavy atom. The number of amidine groups is 1. The zero-order valence-corrected chi connectivity index (χ0v) is 10.1. The summed E-state index contributed by atoms with van der Waals surface area (Å²) in [4.78, 5) is 1.89. The normalized spacial score (nSPS) is 10.0. The van der Waals surface area contributed by atoms with Gasteiger partial charge < -0.3 is 4.90 Å². The minimum absolute atomic E-state index is 0.523. The van der Waals surface area contributed by atoms with Gasteiger partial charge in [0, 0.05) is 18.3 Å². The number of hydrogen-bond acceptors (Lipinski definition) is 1. The molecule has 2 aromatic carbocycles. The van der Waals surface area contributed by atoms with Crippen LogP contribution in [-0.4, -0.2) is 12.9 Å². The molecule has 0 aliphatic rings. The Balaban J connectivity index is 2.30. The van der Waals surface area contributed by atoms with E-state index < -0.39 is 0 Å². The number of rotatable bonds is 2. The van der Waals surface area contributed by atoms with E-state index >= 15 is 0 Å². The highest BCUT2D eigenvalue weighted by Crippen LogP contribution is 2.16. The molecule has 0 radical (unpaired) electrons. The average Bonchev–Trinajstić information content (AvgIpc) is 2.39. The van der Waals surface area contributed by atoms with Crippen LogP contribution in [0.25, 0.3) is 0 Å². The van der Waals surface area contributed by atoms with E-state index in [1.165, 1.54) is 0 Å². The Morgan fingerprint density at radius 1 is 0.941 bits per heavy atom. The van der Waals surface area contributed by atoms with Crippen LogP contribution in [0.4, 0.5) is 5.69 Å². The number of para-hydroxylation sites is 1. The van der Waals surface area contributed by atoms with Crippen molar-refractivity contribution in [1.29, 1.82) is 5.41 Å². The standard InChI is InChI=1S/C15H16N2/c1-12-8-6-7-11-14(12)15(16)17(2)13-9-4-3-5-10-13/h3-11,16H,1-2H3. The predicted octanol–water partition coefficient (Wildman–Crippen LogP) is 3.46. The predicted molar refractivity (Wildman–Crippen MR) is 72.9 cm³/mol. The van der Waals surface area contributed by atoms with E-state index in [4.69, 9.17) is 5.41 Å². The molecular weight excluding hydrogens is 208 g/mol. The van der Waals surface area contributed by atoms with E-state index in [9.17, 15) is 0 Å². The number of hydrogen-bond donors (Lipinski definition) is 1. The number of nitrogens with zero attached hydrogens (tertiary/aromatic N) is 1. The summed E-state index contributed by atoms with van der Waals surface area (Å²) < 4.78 is 0. The van der Waals surface area contributed by atoms with E-state index in [1.807, 2.05) is 73.5 Å². The first-order valence-corrected chi connectivity index (χ1v) is 5.63. The molecule has 2 rings (SSSR count). The molecule has 0 unspecified atom stereocenters. The Bertz CT molecular complexity index is 517. The Kier molecular flexibility index (Phi) is 3.24. The molecule has 2 aromatic rings. The van der Waals surface area contributed by atoms with Crippen molar-refractivity contribution in [3.05, 3.63) is 65.7 Å². The Labute approximate surface area is 102 Å². The summed E-state index contributed by atoms with van der Waals surface area (Å²) in [6.07, 6.45) is 0. The zero-order chi connectivity index (χ0) is 12.3. The van der Waals surface area contributed by atoms with Crippen molar-refractivity contribution in [1.82, 2.24) is 0 Å². The minimum atomic E-state index is 0.523. The van der Waals surface area contributed by atoms with Crippen LogP contribution in [0.5, 0.6) is 0 Å². The third kappa shape index (κ3) is 2.36. The second kappa shape index (κ2) is 4.83. The van der Waals surface area contributed by atoms with Crippen LogP contribution in [0, 0.1) is 12.3 Å². The van der Waals surface area contributed by atoms with Crippen molar-refractivity contribution in [2.75, 3.05) is 11.9 Å². The fourth-order valence-corrected chi connectivity index (χ4v) is 1.80. The molecule has 86 valence electrons. The SMILES string of the molecule is Cc1ccccc1C(=N)N(C)c1ccccc1. The molecule has 0 saturated carbocycles. The third-order valence-electron chi connectivity index (χ3n) is 2.88. The van der Waals surface area contributed by atoms with Crippen LogP contribution < -0.4 is 4.90 Å². The second-order valence-electron chi connectivity index (χ2n) is 4.06. The first-order chi connectivity index (χ1) is 8.20. The molecular formula is C15H16N2. The Hall–Kier alpha value is -2.09. The van der Waals surface area contributed by atoms with Gasteiger partial charge in [-0.15, -0.1) is 0 Å². The summed E-state index contributed by atoms with van der Waals surface area (Å²) in [5, 5.41) is 8.24. The van der Waals surface area contributed by atoms with Gasteiger partial charge in [0.15, 0.2) is 0 Å². The molecule has 0 amide bonds. The van der Waals surface area contributed by atoms with Crippen molar-refractivity contribution < 1.29 is 0 Å². The largest absolute Gasteiger partial charge is 0.329 e. The van der Waals surface area contributed by atoms with Crippen molar-refractivity contribution in [3.63, 3.8) is 0 Å². The van der Waals surface area contributed by atoms with Gasteiger partial charge in [0.2, 0.25) is 0 Å². The lowest BCUT2D eigenvalue weighted by molar-refractivity contribution is 1.21. The van der Waals surface area contributed by atoms with Gasteiger partial charge in [-0.25, -0.2) is 0 Å². The monoisotopic (exact) mass is 224 g/mol. The van der Waals surface area contributed by atoms with Gasteiger partial charge in [0.05, 0.1) is 0 Å². The lowest BCUT2D eigenvalue weighted by atomic mass is 10.1. The molecule has 0 saturated heterocycles. The van der Waals surface area contributed by atoms with E-state index in [0.717, 1.165) is 16.8 Å². The third-order valence-corrected chi connectivity index (χ3v) is 2.88. The molecule has 0 aliphatic carbocycles. The zero-order valence-electron chi connectivity index (χ0n) is 10.1. The van der Waals surface area contributed by atoms with Crippen LogP contribution in [0.2, 0.25) is 0 Å². The van der Waals surface area contributed by atoms with Crippen molar-refractivity contribution in [2.45, 2.75) is 6.92 Å². The van der Waals surface area contributed by atoms with Gasteiger partial charge in [-0.3, -0.25) is 5.41 Å². The summed E-state index contributed by atoms with van der Waals surface area (Å²) >= 11 is 0. The van der Waals surface area contributed by atoms with Crippen LogP contribution in [0.1, 0.15) is 11.1 Å². The highest BCUT2D eigenvalue weighted by molar-refractivity contribution is 6.08. The topological polar surface area (TPSA) is 27.1 Å². The number of aryl methyl sites for hydroxylation is 1. The molecule has 0 heterocycles. The molecule has 17 heavy (non-hydrogen) atoms. The molecule has 0 aliphatic heterocycles. The number of benzene rings is 2. The average molecular weight is 224 g/mol. The van der Waals surface area contributed by atoms with Crippen LogP contribution in [0.3, 0.4) is 0 Å². The van der Waals surface area contributed by atoms with Gasteiger partial charge >= 0.3 is 0 Å². The summed E-state index contributed by atoms with van der Waals surface area (Å²) in [7, 11) is 1.92. The first-order valence-electron chi connectivity index (χ1n) is 5.63. The maximum absolute atomic E-state index is 8.24. The highest BCUT2D eigenvalue weighted by atomic mass is 15.1. The summed E-state index contributed by atoms with van der Waals surface area (Å²) in [5.41, 5.74) is 3.12. The molecule has 0 bridgehead atoms. The Morgan fingerprint density at radius 3 is 2.18 bits per heavy atom. The first kappa shape index (κ1) is 11.4. The summed E-state index contributed by atoms with van der Waals surface area (Å²) in [5.74, 6) is 0.523. The van der Waals surface area contributed by atoms with Crippen LogP contribution >= 0.6 is 0 Å². The fraction of sp³-hybridized carbons (Fsp3) is 0.133. The molecule has 2 nitrogen and oxygen atoms in total. The fourth-order valence-electron chi connectivity index (χ4n) is 1.80. The van der Waals surface area contributed by atoms with Gasteiger partial charge in [0.1, 0.15) is 5.84 Å². The van der Waals surface area contributed by atoms with Crippen molar-refractivity contribution >= 4 is 11.5 Å². The van der Waals surface area contributed by atoms with E-state index in [2.05, 4.69) is 0 Å². The lowest BCUT2D eigenvalue weighted by Crippen LogP contribution is -2.26. The lowest BCUT2D eigenvalue weighted by Gasteiger charge is -2.21. The molecule has 0 fully saturated rings. The van der Waals surface area contributed by atoms with Gasteiger partial charge in [-0.2, -0.15) is 0 Å². The summed E-state index contributed by atoms with van der Waals surface area (Å²) in [6, 6.07) is 17.9. The van der Waals surface area contributed by atoms with Gasteiger partial charge in [-0.1, -0.05) is 42.5 Å². The maximum Gasteiger partial charge on any atom is 0.132 e. The van der Waals surface area contributed by atoms with Crippen molar-refractivity contribution in [3.8, 4) is 0 Å². The summed E-state index contributed by atoms with van der Waals surface area (Å²) in [6.45, 7) is 2.03. The number of anilines is 1. The highest BCUT2D eigenvalue weighted by Gasteiger charge is 2.10. The van der Waals surface area contributed by atoms with Gasteiger partial charge in [-0.05, 0) is 24.6 Å². The molecule has 0 atom stereocenters. The molecule has 0 spiro atoms. The van der Waals surface area contributed by atoms with Crippen LogP contribution in [-0.2, 0) is 0 Å². The van der Waals surface area contributed by atoms with E-state index in [0.29, 0.717) is 5.84 Å². The van der Waals surface area contributed by atoms with Gasteiger partial charge in [0.25, 0.3) is 0 Å². The van der Waals surface area contributed by atoms with E-state index in [1.54, 1.807) is 0 Å². The molecule has 2 heteroatoms. The van der Waals surface area contributed by atoms with Crippen molar-refractivity contribution in [2.24, 2.45) is 0 Å². The molecule has 0 aromatic heterocycles. The smallest absolute Gasteiger partial charge is 0.132 e. The molecule has 1 N–H and O–H groups in total.